The number of hydrogen-bond acceptors (Lipinski definition) is 6. The summed E-state index contributed by atoms with van der Waals surface area (Å²) in [4.78, 5) is 38.4. The quantitative estimate of drug-likeness (QED) is 0.0261. The van der Waals surface area contributed by atoms with E-state index in [1.54, 1.807) is 0 Å². The van der Waals surface area contributed by atoms with Gasteiger partial charge >= 0.3 is 17.9 Å². The molecule has 0 heterocycles. The average Bonchev–Trinajstić information content (AvgIpc) is 3.47. The summed E-state index contributed by atoms with van der Waals surface area (Å²) in [5.74, 6) is -0.863. The zero-order valence-electron chi connectivity index (χ0n) is 54.1. The molecule has 0 aliphatic carbocycles. The van der Waals surface area contributed by atoms with Gasteiger partial charge in [-0.1, -0.05) is 331 Å². The lowest BCUT2D eigenvalue weighted by molar-refractivity contribution is -0.167. The fraction of sp³-hybridized carbons (Fsp3) is 0.800. The zero-order chi connectivity index (χ0) is 58.5. The van der Waals surface area contributed by atoms with Gasteiger partial charge in [-0.25, -0.2) is 0 Å². The molecule has 1 atom stereocenters. The Balaban J connectivity index is 4.26. The van der Waals surface area contributed by atoms with Crippen molar-refractivity contribution in [1.29, 1.82) is 0 Å². The van der Waals surface area contributed by atoms with Crippen molar-refractivity contribution in [3.63, 3.8) is 0 Å². The molecule has 6 nitrogen and oxygen atoms in total. The van der Waals surface area contributed by atoms with E-state index in [9.17, 15) is 14.4 Å². The number of carbonyl (C=O) groups is 3. The molecule has 0 saturated heterocycles. The molecule has 6 heteroatoms. The number of carbonyl (C=O) groups excluding carboxylic acids is 3. The summed E-state index contributed by atoms with van der Waals surface area (Å²) >= 11 is 0. The summed E-state index contributed by atoms with van der Waals surface area (Å²) in [6, 6.07) is 0. The van der Waals surface area contributed by atoms with Crippen LogP contribution in [-0.2, 0) is 28.6 Å². The maximum Gasteiger partial charge on any atom is 0.306 e. The molecule has 1 unspecified atom stereocenters. The van der Waals surface area contributed by atoms with Gasteiger partial charge in [-0.05, 0) is 89.9 Å². The van der Waals surface area contributed by atoms with E-state index < -0.39 is 6.10 Å². The monoisotopic (exact) mass is 1130 g/mol. The van der Waals surface area contributed by atoms with Crippen LogP contribution in [0.25, 0.3) is 0 Å². The van der Waals surface area contributed by atoms with Crippen LogP contribution in [0, 0.1) is 0 Å². The minimum atomic E-state index is -0.781. The first kappa shape index (κ1) is 77.9. The van der Waals surface area contributed by atoms with Crippen molar-refractivity contribution in [3.8, 4) is 0 Å². The highest BCUT2D eigenvalue weighted by Gasteiger charge is 2.19. The third-order valence-electron chi connectivity index (χ3n) is 15.7. The molecule has 0 aromatic heterocycles. The fourth-order valence-electron chi connectivity index (χ4n) is 10.4. The molecule has 0 aromatic rings. The normalized spacial score (nSPS) is 12.5. The highest BCUT2D eigenvalue weighted by Crippen LogP contribution is 2.18. The van der Waals surface area contributed by atoms with Gasteiger partial charge in [0, 0.05) is 19.3 Å². The maximum absolute atomic E-state index is 12.9. The number of unbranched alkanes of at least 4 members (excludes halogenated alkanes) is 42. The van der Waals surface area contributed by atoms with E-state index in [1.165, 1.54) is 231 Å². The maximum atomic E-state index is 12.9. The summed E-state index contributed by atoms with van der Waals surface area (Å²) in [6.07, 6.45) is 90.7. The summed E-state index contributed by atoms with van der Waals surface area (Å²) in [5, 5.41) is 0. The molecule has 0 N–H and O–H groups in total. The average molecular weight is 1130 g/mol. The molecule has 470 valence electrons. The second-order valence-electron chi connectivity index (χ2n) is 23.8. The SMILES string of the molecule is CC/C=C\C/C=C\C/C=C\CCCCCCCCCC(=O)OC(COC(=O)CCCCCCCCCCCCCCCC/C=C\C/C=C\C/C=C\CCCCCCC)COC(=O)CCCCCCCCCCCCCCCCCCC. The van der Waals surface area contributed by atoms with Crippen LogP contribution in [0.4, 0.5) is 0 Å². The van der Waals surface area contributed by atoms with Gasteiger partial charge in [0.25, 0.3) is 0 Å². The number of allylic oxidation sites excluding steroid dienone is 12. The van der Waals surface area contributed by atoms with Crippen molar-refractivity contribution >= 4 is 17.9 Å². The molecule has 0 radical (unpaired) electrons. The van der Waals surface area contributed by atoms with E-state index in [1.807, 2.05) is 0 Å². The van der Waals surface area contributed by atoms with Gasteiger partial charge in [0.2, 0.25) is 0 Å². The van der Waals surface area contributed by atoms with E-state index >= 15 is 0 Å². The second kappa shape index (κ2) is 69.3. The van der Waals surface area contributed by atoms with Crippen LogP contribution in [0.5, 0.6) is 0 Å². The lowest BCUT2D eigenvalue weighted by atomic mass is 10.0. The van der Waals surface area contributed by atoms with Crippen LogP contribution in [0.3, 0.4) is 0 Å². The first-order valence-corrected chi connectivity index (χ1v) is 35.4. The molecule has 0 amide bonds. The summed E-state index contributed by atoms with van der Waals surface area (Å²) in [6.45, 7) is 6.57. The highest BCUT2D eigenvalue weighted by atomic mass is 16.6. The molecule has 0 fully saturated rings. The van der Waals surface area contributed by atoms with Crippen molar-refractivity contribution in [2.24, 2.45) is 0 Å². The first-order chi connectivity index (χ1) is 40.0. The predicted molar refractivity (Wildman–Crippen MR) is 353 cm³/mol. The molecular formula is C75H134O6. The minimum Gasteiger partial charge on any atom is -0.462 e. The molecule has 0 aromatic carbocycles. The van der Waals surface area contributed by atoms with Crippen molar-refractivity contribution in [1.82, 2.24) is 0 Å². The molecule has 81 heavy (non-hydrogen) atoms. The topological polar surface area (TPSA) is 78.9 Å². The van der Waals surface area contributed by atoms with Crippen LogP contribution in [0.15, 0.2) is 72.9 Å². The van der Waals surface area contributed by atoms with Crippen molar-refractivity contribution in [2.45, 2.75) is 374 Å². The van der Waals surface area contributed by atoms with Gasteiger partial charge in [-0.3, -0.25) is 14.4 Å². The number of rotatable bonds is 65. The van der Waals surface area contributed by atoms with Crippen LogP contribution in [0.2, 0.25) is 0 Å². The van der Waals surface area contributed by atoms with Crippen LogP contribution in [0.1, 0.15) is 367 Å². The lowest BCUT2D eigenvalue weighted by Crippen LogP contribution is -2.30. The van der Waals surface area contributed by atoms with Crippen LogP contribution >= 0.6 is 0 Å². The van der Waals surface area contributed by atoms with Crippen molar-refractivity contribution in [2.75, 3.05) is 13.2 Å². The molecule has 0 rings (SSSR count). The van der Waals surface area contributed by atoms with Crippen molar-refractivity contribution in [3.05, 3.63) is 72.9 Å². The molecule has 0 aliphatic rings. The third-order valence-corrected chi connectivity index (χ3v) is 15.7. The molecule has 0 aliphatic heterocycles. The predicted octanol–water partition coefficient (Wildman–Crippen LogP) is 24.4. The van der Waals surface area contributed by atoms with Crippen LogP contribution in [-0.4, -0.2) is 37.2 Å². The number of hydrogen-bond donors (Lipinski definition) is 0. The Kier molecular flexibility index (Phi) is 66.6. The molecule has 0 saturated carbocycles. The summed E-state index contributed by atoms with van der Waals surface area (Å²) < 4.78 is 17.0. The number of ether oxygens (including phenoxy) is 3. The van der Waals surface area contributed by atoms with Gasteiger partial charge in [0.05, 0.1) is 0 Å². The standard InChI is InChI=1S/C75H134O6/c1-4-7-10-13-16-19-22-25-28-31-32-33-34-35-36-37-38-39-40-41-42-45-47-50-53-56-59-62-65-68-74(77)80-71-72(81-75(78)69-66-63-60-57-54-51-48-44-30-27-24-21-18-15-12-9-6-3)70-79-73(76)67-64-61-58-55-52-49-46-43-29-26-23-20-17-14-11-8-5-2/h9,12,18,21-22,25,27,30-32,34-35,72H,4-8,10-11,13-17,19-20,23-24,26,28-29,33,36-71H2,1-3H3/b12-9-,21-18-,25-22-,30-27-,32-31-,35-34-. The summed E-state index contributed by atoms with van der Waals surface area (Å²) in [7, 11) is 0. The lowest BCUT2D eigenvalue weighted by Gasteiger charge is -2.18. The zero-order valence-corrected chi connectivity index (χ0v) is 54.1. The van der Waals surface area contributed by atoms with E-state index in [0.29, 0.717) is 19.3 Å². The van der Waals surface area contributed by atoms with Gasteiger partial charge in [-0.15, -0.1) is 0 Å². The Morgan fingerprint density at radius 1 is 0.259 bits per heavy atom. The van der Waals surface area contributed by atoms with E-state index in [2.05, 4.69) is 93.7 Å². The van der Waals surface area contributed by atoms with E-state index in [0.717, 1.165) is 96.3 Å². The van der Waals surface area contributed by atoms with Gasteiger partial charge in [0.1, 0.15) is 13.2 Å². The Labute approximate surface area is 503 Å². The Morgan fingerprint density at radius 3 is 0.753 bits per heavy atom. The highest BCUT2D eigenvalue weighted by molar-refractivity contribution is 5.71. The fourth-order valence-corrected chi connectivity index (χ4v) is 10.4. The molecular weight excluding hydrogens is 997 g/mol. The first-order valence-electron chi connectivity index (χ1n) is 35.4. The Bertz CT molecular complexity index is 1490. The number of esters is 3. The smallest absolute Gasteiger partial charge is 0.306 e. The largest absolute Gasteiger partial charge is 0.462 e. The van der Waals surface area contributed by atoms with Gasteiger partial charge in [0.15, 0.2) is 6.10 Å². The third kappa shape index (κ3) is 67.5. The molecule has 0 spiro atoms. The molecule has 0 bridgehead atoms. The van der Waals surface area contributed by atoms with Crippen LogP contribution < -0.4 is 0 Å². The summed E-state index contributed by atoms with van der Waals surface area (Å²) in [5.41, 5.74) is 0. The van der Waals surface area contributed by atoms with E-state index in [-0.39, 0.29) is 31.1 Å². The van der Waals surface area contributed by atoms with Gasteiger partial charge < -0.3 is 14.2 Å². The Hall–Kier alpha value is -3.15. The van der Waals surface area contributed by atoms with Gasteiger partial charge in [-0.2, -0.15) is 0 Å². The van der Waals surface area contributed by atoms with Crippen molar-refractivity contribution < 1.29 is 28.6 Å². The Morgan fingerprint density at radius 2 is 0.481 bits per heavy atom. The second-order valence-corrected chi connectivity index (χ2v) is 23.8. The minimum absolute atomic E-state index is 0.0752. The van der Waals surface area contributed by atoms with E-state index in [4.69, 9.17) is 14.2 Å².